The van der Waals surface area contributed by atoms with E-state index in [1.54, 1.807) is 0 Å². The van der Waals surface area contributed by atoms with Crippen LogP contribution in [0, 0.1) is 27.7 Å². The molecule has 1 N–H and O–H groups in total. The SMILES string of the molecule is Cc1cc(Oc2c(C)cc(Oc3ccc(Br)cc3)cc2C)cc(C)c1O. The van der Waals surface area contributed by atoms with Gasteiger partial charge in [-0.05, 0) is 98.5 Å². The van der Waals surface area contributed by atoms with Crippen LogP contribution in [0.3, 0.4) is 0 Å². The van der Waals surface area contributed by atoms with Crippen molar-refractivity contribution in [2.45, 2.75) is 27.7 Å². The third kappa shape index (κ3) is 4.02. The summed E-state index contributed by atoms with van der Waals surface area (Å²) < 4.78 is 13.1. The Balaban J connectivity index is 1.86. The van der Waals surface area contributed by atoms with Gasteiger partial charge in [-0.3, -0.25) is 0 Å². The van der Waals surface area contributed by atoms with Crippen molar-refractivity contribution in [1.29, 1.82) is 0 Å². The molecule has 0 fully saturated rings. The average Bonchev–Trinajstić information content (AvgIpc) is 2.58. The first-order chi connectivity index (χ1) is 12.3. The lowest BCUT2D eigenvalue weighted by atomic mass is 10.1. The molecule has 0 bridgehead atoms. The van der Waals surface area contributed by atoms with Crippen LogP contribution in [0.5, 0.6) is 28.7 Å². The van der Waals surface area contributed by atoms with Crippen molar-refractivity contribution in [1.82, 2.24) is 0 Å². The zero-order valence-corrected chi connectivity index (χ0v) is 16.8. The zero-order valence-electron chi connectivity index (χ0n) is 15.3. The van der Waals surface area contributed by atoms with E-state index >= 15 is 0 Å². The molecule has 0 aliphatic heterocycles. The quantitative estimate of drug-likeness (QED) is 0.502. The second kappa shape index (κ2) is 7.42. The second-order valence-corrected chi connectivity index (χ2v) is 7.37. The highest BCUT2D eigenvalue weighted by Crippen LogP contribution is 2.36. The number of ether oxygens (including phenoxy) is 2. The number of aryl methyl sites for hydroxylation is 4. The fourth-order valence-corrected chi connectivity index (χ4v) is 3.13. The summed E-state index contributed by atoms with van der Waals surface area (Å²) in [5.41, 5.74) is 3.57. The van der Waals surface area contributed by atoms with Gasteiger partial charge in [0.25, 0.3) is 0 Å². The molecule has 0 aromatic heterocycles. The number of hydrogen-bond acceptors (Lipinski definition) is 3. The molecule has 0 spiro atoms. The Kier molecular flexibility index (Phi) is 5.23. The lowest BCUT2D eigenvalue weighted by Crippen LogP contribution is -1.94. The van der Waals surface area contributed by atoms with Crippen LogP contribution in [0.2, 0.25) is 0 Å². The van der Waals surface area contributed by atoms with Gasteiger partial charge in [0.05, 0.1) is 0 Å². The number of halogens is 1. The van der Waals surface area contributed by atoms with Gasteiger partial charge in [-0.25, -0.2) is 0 Å². The van der Waals surface area contributed by atoms with Crippen LogP contribution in [0.4, 0.5) is 0 Å². The fraction of sp³-hybridized carbons (Fsp3) is 0.182. The molecule has 26 heavy (non-hydrogen) atoms. The standard InChI is InChI=1S/C22H21BrO3/c1-13-9-20(10-14(2)21(13)24)26-22-15(3)11-19(12-16(22)4)25-18-7-5-17(23)6-8-18/h5-12,24H,1-4H3. The Bertz CT molecular complexity index is 900. The molecule has 0 heterocycles. The minimum atomic E-state index is 0.309. The van der Waals surface area contributed by atoms with Gasteiger partial charge in [0.2, 0.25) is 0 Å². The predicted molar refractivity (Wildman–Crippen MR) is 108 cm³/mol. The number of hydrogen-bond donors (Lipinski definition) is 1. The maximum absolute atomic E-state index is 9.92. The van der Waals surface area contributed by atoms with Crippen LogP contribution in [0.25, 0.3) is 0 Å². The number of rotatable bonds is 4. The molecule has 0 atom stereocenters. The Morgan fingerprint density at radius 3 is 1.65 bits per heavy atom. The van der Waals surface area contributed by atoms with Crippen LogP contribution >= 0.6 is 15.9 Å². The number of benzene rings is 3. The number of phenolic OH excluding ortho intramolecular Hbond substituents is 1. The lowest BCUT2D eigenvalue weighted by Gasteiger charge is -2.15. The Hall–Kier alpha value is -2.46. The van der Waals surface area contributed by atoms with Gasteiger partial charge in [0, 0.05) is 4.47 Å². The molecule has 0 aliphatic carbocycles. The Labute approximate surface area is 162 Å². The van der Waals surface area contributed by atoms with Crippen LogP contribution in [-0.2, 0) is 0 Å². The summed E-state index contributed by atoms with van der Waals surface area (Å²) >= 11 is 3.42. The molecule has 0 radical (unpaired) electrons. The van der Waals surface area contributed by atoms with E-state index < -0.39 is 0 Å². The van der Waals surface area contributed by atoms with E-state index in [1.165, 1.54) is 0 Å². The average molecular weight is 413 g/mol. The normalized spacial score (nSPS) is 10.7. The van der Waals surface area contributed by atoms with Gasteiger partial charge in [-0.15, -0.1) is 0 Å². The van der Waals surface area contributed by atoms with Crippen LogP contribution in [0.1, 0.15) is 22.3 Å². The van der Waals surface area contributed by atoms with E-state index in [0.29, 0.717) is 11.5 Å². The largest absolute Gasteiger partial charge is 0.507 e. The molecule has 3 aromatic rings. The zero-order chi connectivity index (χ0) is 18.8. The van der Waals surface area contributed by atoms with Crippen molar-refractivity contribution in [3.63, 3.8) is 0 Å². The van der Waals surface area contributed by atoms with E-state index in [9.17, 15) is 5.11 Å². The van der Waals surface area contributed by atoms with Crippen molar-refractivity contribution in [3.8, 4) is 28.7 Å². The first kappa shape index (κ1) is 18.3. The van der Waals surface area contributed by atoms with Crippen molar-refractivity contribution in [2.75, 3.05) is 0 Å². The molecule has 0 amide bonds. The third-order valence-corrected chi connectivity index (χ3v) is 4.70. The van der Waals surface area contributed by atoms with Crippen molar-refractivity contribution in [2.24, 2.45) is 0 Å². The third-order valence-electron chi connectivity index (χ3n) is 4.17. The lowest BCUT2D eigenvalue weighted by molar-refractivity contribution is 0.451. The van der Waals surface area contributed by atoms with Gasteiger partial charge >= 0.3 is 0 Å². The summed E-state index contributed by atoms with van der Waals surface area (Å²) in [4.78, 5) is 0. The maximum atomic E-state index is 9.92. The summed E-state index contributed by atoms with van der Waals surface area (Å²) in [6.07, 6.45) is 0. The molecular formula is C22H21BrO3. The number of aromatic hydroxyl groups is 1. The minimum Gasteiger partial charge on any atom is -0.507 e. The van der Waals surface area contributed by atoms with Gasteiger partial charge in [-0.1, -0.05) is 15.9 Å². The minimum absolute atomic E-state index is 0.309. The molecule has 0 saturated carbocycles. The van der Waals surface area contributed by atoms with Crippen LogP contribution in [0.15, 0.2) is 53.0 Å². The molecule has 0 aliphatic rings. The highest BCUT2D eigenvalue weighted by atomic mass is 79.9. The van der Waals surface area contributed by atoms with E-state index in [-0.39, 0.29) is 0 Å². The first-order valence-electron chi connectivity index (χ1n) is 8.36. The highest BCUT2D eigenvalue weighted by Gasteiger charge is 2.11. The van der Waals surface area contributed by atoms with Crippen molar-refractivity contribution in [3.05, 3.63) is 75.3 Å². The summed E-state index contributed by atoms with van der Waals surface area (Å²) in [6.45, 7) is 7.72. The maximum Gasteiger partial charge on any atom is 0.133 e. The fourth-order valence-electron chi connectivity index (χ4n) is 2.86. The molecular weight excluding hydrogens is 392 g/mol. The molecule has 3 nitrogen and oxygen atoms in total. The molecule has 0 saturated heterocycles. The Morgan fingerprint density at radius 1 is 0.654 bits per heavy atom. The van der Waals surface area contributed by atoms with E-state index in [4.69, 9.17) is 9.47 Å². The molecule has 4 heteroatoms. The van der Waals surface area contributed by atoms with Crippen molar-refractivity contribution >= 4 is 15.9 Å². The molecule has 3 rings (SSSR count). The second-order valence-electron chi connectivity index (χ2n) is 6.45. The summed E-state index contributed by atoms with van der Waals surface area (Å²) in [5, 5.41) is 9.92. The van der Waals surface area contributed by atoms with Gasteiger partial charge in [0.15, 0.2) is 0 Å². The predicted octanol–water partition coefficient (Wildman–Crippen LogP) is 6.97. The molecule has 134 valence electrons. The van der Waals surface area contributed by atoms with Crippen LogP contribution in [-0.4, -0.2) is 5.11 Å². The highest BCUT2D eigenvalue weighted by molar-refractivity contribution is 9.10. The van der Waals surface area contributed by atoms with Crippen LogP contribution < -0.4 is 9.47 Å². The van der Waals surface area contributed by atoms with Gasteiger partial charge in [-0.2, -0.15) is 0 Å². The monoisotopic (exact) mass is 412 g/mol. The summed E-state index contributed by atoms with van der Waals surface area (Å²) in [7, 11) is 0. The Morgan fingerprint density at radius 2 is 1.12 bits per heavy atom. The summed E-state index contributed by atoms with van der Waals surface area (Å²) in [5.74, 6) is 3.38. The molecule has 0 unspecified atom stereocenters. The van der Waals surface area contributed by atoms with Gasteiger partial charge in [0.1, 0.15) is 28.7 Å². The van der Waals surface area contributed by atoms with E-state index in [2.05, 4.69) is 15.9 Å². The van der Waals surface area contributed by atoms with Crippen molar-refractivity contribution < 1.29 is 14.6 Å². The number of phenols is 1. The topological polar surface area (TPSA) is 38.7 Å². The molecule has 3 aromatic carbocycles. The first-order valence-corrected chi connectivity index (χ1v) is 9.15. The van der Waals surface area contributed by atoms with Gasteiger partial charge < -0.3 is 14.6 Å². The smallest absolute Gasteiger partial charge is 0.133 e. The summed E-state index contributed by atoms with van der Waals surface area (Å²) in [6, 6.07) is 15.3. The van der Waals surface area contributed by atoms with E-state index in [1.807, 2.05) is 76.2 Å². The van der Waals surface area contributed by atoms with E-state index in [0.717, 1.165) is 44.0 Å².